The minimum Gasteiger partial charge on any atom is -0.481 e. The zero-order valence-corrected chi connectivity index (χ0v) is 11.2. The molecule has 5 heteroatoms. The van der Waals surface area contributed by atoms with Crippen LogP contribution in [0.3, 0.4) is 0 Å². The van der Waals surface area contributed by atoms with E-state index < -0.39 is 17.8 Å². The molecule has 3 rings (SSSR count). The molecule has 1 amide bonds. The summed E-state index contributed by atoms with van der Waals surface area (Å²) < 4.78 is 0. The number of carboxylic acids is 1. The van der Waals surface area contributed by atoms with Crippen LogP contribution in [-0.2, 0) is 9.59 Å². The average Bonchev–Trinajstić information content (AvgIpc) is 3.12. The fraction of sp³-hybridized carbons (Fsp3) is 0.667. The fourth-order valence-electron chi connectivity index (χ4n) is 4.08. The van der Waals surface area contributed by atoms with Gasteiger partial charge >= 0.3 is 5.97 Å². The second-order valence-electron chi connectivity index (χ2n) is 6.12. The van der Waals surface area contributed by atoms with Crippen molar-refractivity contribution in [3.63, 3.8) is 0 Å². The number of carbonyl (C=O) groups excluding carboxylic acids is 1. The SMILES string of the molecule is N#CC1CCCC1NC(=O)[C@H]1C2C=CC(C2)[C@H]1C(=O)O. The third-order valence-corrected chi connectivity index (χ3v) is 5.06. The minimum atomic E-state index is -0.884. The second kappa shape index (κ2) is 4.93. The smallest absolute Gasteiger partial charge is 0.307 e. The molecule has 0 spiro atoms. The van der Waals surface area contributed by atoms with E-state index in [0.29, 0.717) is 0 Å². The molecule has 2 fully saturated rings. The maximum atomic E-state index is 12.4. The van der Waals surface area contributed by atoms with E-state index in [1.165, 1.54) is 0 Å². The molecule has 3 aliphatic carbocycles. The first-order valence-electron chi connectivity index (χ1n) is 7.23. The Labute approximate surface area is 117 Å². The number of carboxylic acid groups (broad SMARTS) is 1. The highest BCUT2D eigenvalue weighted by molar-refractivity contribution is 5.87. The predicted octanol–water partition coefficient (Wildman–Crippen LogP) is 1.32. The van der Waals surface area contributed by atoms with Crippen LogP contribution >= 0.6 is 0 Å². The van der Waals surface area contributed by atoms with Gasteiger partial charge in [0, 0.05) is 6.04 Å². The lowest BCUT2D eigenvalue weighted by molar-refractivity contribution is -0.148. The summed E-state index contributed by atoms with van der Waals surface area (Å²) in [6.45, 7) is 0. The lowest BCUT2D eigenvalue weighted by Crippen LogP contribution is -2.45. The molecule has 0 aromatic rings. The molecule has 2 bridgehead atoms. The van der Waals surface area contributed by atoms with E-state index in [9.17, 15) is 14.7 Å². The average molecular weight is 274 g/mol. The molecule has 0 aromatic heterocycles. The Kier molecular flexibility index (Phi) is 3.25. The Morgan fingerprint density at radius 1 is 1.20 bits per heavy atom. The summed E-state index contributed by atoms with van der Waals surface area (Å²) in [6.07, 6.45) is 7.26. The zero-order valence-electron chi connectivity index (χ0n) is 11.2. The van der Waals surface area contributed by atoms with Crippen molar-refractivity contribution in [2.45, 2.75) is 31.7 Å². The Balaban J connectivity index is 1.72. The minimum absolute atomic E-state index is 0.0106. The first-order chi connectivity index (χ1) is 9.61. The summed E-state index contributed by atoms with van der Waals surface area (Å²) in [4.78, 5) is 23.8. The van der Waals surface area contributed by atoms with E-state index in [4.69, 9.17) is 5.26 Å². The van der Waals surface area contributed by atoms with Gasteiger partial charge in [-0.2, -0.15) is 5.26 Å². The summed E-state index contributed by atoms with van der Waals surface area (Å²) in [5.74, 6) is -2.23. The van der Waals surface area contributed by atoms with E-state index in [-0.39, 0.29) is 29.7 Å². The van der Waals surface area contributed by atoms with E-state index >= 15 is 0 Å². The molecule has 20 heavy (non-hydrogen) atoms. The lowest BCUT2D eigenvalue weighted by Gasteiger charge is -2.26. The van der Waals surface area contributed by atoms with Crippen LogP contribution in [0.4, 0.5) is 0 Å². The number of hydrogen-bond donors (Lipinski definition) is 2. The highest BCUT2D eigenvalue weighted by atomic mass is 16.4. The van der Waals surface area contributed by atoms with E-state index in [2.05, 4.69) is 11.4 Å². The number of nitrogens with zero attached hydrogens (tertiary/aromatic N) is 1. The molecule has 3 aliphatic rings. The molecule has 0 heterocycles. The van der Waals surface area contributed by atoms with Crippen molar-refractivity contribution in [2.75, 3.05) is 0 Å². The van der Waals surface area contributed by atoms with Gasteiger partial charge in [0.2, 0.25) is 5.91 Å². The van der Waals surface area contributed by atoms with Crippen LogP contribution in [-0.4, -0.2) is 23.0 Å². The maximum Gasteiger partial charge on any atom is 0.307 e. The van der Waals surface area contributed by atoms with Gasteiger partial charge in [0.15, 0.2) is 0 Å². The molecule has 5 nitrogen and oxygen atoms in total. The van der Waals surface area contributed by atoms with Crippen LogP contribution in [0.25, 0.3) is 0 Å². The number of carbonyl (C=O) groups is 2. The Hall–Kier alpha value is -1.83. The van der Waals surface area contributed by atoms with Crippen molar-refractivity contribution >= 4 is 11.9 Å². The van der Waals surface area contributed by atoms with Crippen LogP contribution in [0.2, 0.25) is 0 Å². The fourth-order valence-corrected chi connectivity index (χ4v) is 4.08. The maximum absolute atomic E-state index is 12.4. The number of allylic oxidation sites excluding steroid dienone is 2. The Morgan fingerprint density at radius 2 is 1.90 bits per heavy atom. The van der Waals surface area contributed by atoms with Gasteiger partial charge in [0.25, 0.3) is 0 Å². The van der Waals surface area contributed by atoms with Gasteiger partial charge in [0.1, 0.15) is 0 Å². The summed E-state index contributed by atoms with van der Waals surface area (Å²) in [5.41, 5.74) is 0. The Bertz CT molecular complexity index is 508. The molecule has 0 aromatic carbocycles. The molecule has 2 N–H and O–H groups in total. The van der Waals surface area contributed by atoms with Crippen molar-refractivity contribution in [3.8, 4) is 6.07 Å². The Morgan fingerprint density at radius 3 is 2.55 bits per heavy atom. The van der Waals surface area contributed by atoms with Crippen molar-refractivity contribution < 1.29 is 14.7 Å². The molecule has 0 saturated heterocycles. The van der Waals surface area contributed by atoms with Crippen LogP contribution in [0.15, 0.2) is 12.2 Å². The van der Waals surface area contributed by atoms with Gasteiger partial charge in [-0.3, -0.25) is 9.59 Å². The highest BCUT2D eigenvalue weighted by Gasteiger charge is 2.52. The van der Waals surface area contributed by atoms with Gasteiger partial charge in [-0.15, -0.1) is 0 Å². The second-order valence-corrected chi connectivity index (χ2v) is 6.12. The number of nitrogens with one attached hydrogen (secondary N) is 1. The van der Waals surface area contributed by atoms with Gasteiger partial charge in [0.05, 0.1) is 23.8 Å². The monoisotopic (exact) mass is 274 g/mol. The molecule has 106 valence electrons. The number of nitriles is 1. The predicted molar refractivity (Wildman–Crippen MR) is 70.2 cm³/mol. The number of amides is 1. The zero-order chi connectivity index (χ0) is 14.3. The first kappa shape index (κ1) is 13.2. The van der Waals surface area contributed by atoms with Crippen LogP contribution in [0.5, 0.6) is 0 Å². The molecule has 4 unspecified atom stereocenters. The standard InChI is InChI=1S/C15H18N2O3/c16-7-10-2-1-3-11(10)17-14(18)12-8-4-5-9(6-8)13(12)15(19)20/h4-5,8-13H,1-3,6H2,(H,17,18)(H,19,20)/t8?,9?,10?,11?,12-,13+/m0/s1. The van der Waals surface area contributed by atoms with Crippen LogP contribution in [0, 0.1) is 40.9 Å². The number of fused-ring (bicyclic) bond motifs is 2. The number of rotatable bonds is 3. The molecule has 6 atom stereocenters. The third kappa shape index (κ3) is 2.00. The van der Waals surface area contributed by atoms with Crippen molar-refractivity contribution in [1.82, 2.24) is 5.32 Å². The highest BCUT2D eigenvalue weighted by Crippen LogP contribution is 2.48. The summed E-state index contributed by atoms with van der Waals surface area (Å²) in [7, 11) is 0. The quantitative estimate of drug-likeness (QED) is 0.759. The van der Waals surface area contributed by atoms with Gasteiger partial charge in [-0.05, 0) is 37.5 Å². The molecule has 2 saturated carbocycles. The lowest BCUT2D eigenvalue weighted by atomic mass is 9.82. The third-order valence-electron chi connectivity index (χ3n) is 5.06. The first-order valence-corrected chi connectivity index (χ1v) is 7.23. The van der Waals surface area contributed by atoms with E-state index in [1.54, 1.807) is 0 Å². The largest absolute Gasteiger partial charge is 0.481 e. The molecular formula is C15H18N2O3. The number of hydrogen-bond acceptors (Lipinski definition) is 3. The van der Waals surface area contributed by atoms with Crippen molar-refractivity contribution in [1.29, 1.82) is 5.26 Å². The van der Waals surface area contributed by atoms with Gasteiger partial charge in [-0.25, -0.2) is 0 Å². The normalized spacial score (nSPS) is 41.5. The van der Waals surface area contributed by atoms with Crippen LogP contribution < -0.4 is 5.32 Å². The van der Waals surface area contributed by atoms with Crippen LogP contribution in [0.1, 0.15) is 25.7 Å². The topological polar surface area (TPSA) is 90.2 Å². The summed E-state index contributed by atoms with van der Waals surface area (Å²) in [6, 6.07) is 2.13. The molecular weight excluding hydrogens is 256 g/mol. The van der Waals surface area contributed by atoms with Crippen molar-refractivity contribution in [3.05, 3.63) is 12.2 Å². The summed E-state index contributed by atoms with van der Waals surface area (Å²) in [5, 5.41) is 21.3. The molecule has 0 radical (unpaired) electrons. The van der Waals surface area contributed by atoms with Crippen molar-refractivity contribution in [2.24, 2.45) is 29.6 Å². The number of aliphatic carboxylic acids is 1. The summed E-state index contributed by atoms with van der Waals surface area (Å²) >= 11 is 0. The van der Waals surface area contributed by atoms with Gasteiger partial charge in [-0.1, -0.05) is 12.2 Å². The van der Waals surface area contributed by atoms with E-state index in [1.807, 2.05) is 12.2 Å². The van der Waals surface area contributed by atoms with E-state index in [0.717, 1.165) is 25.7 Å². The van der Waals surface area contributed by atoms with Gasteiger partial charge < -0.3 is 10.4 Å². The molecule has 0 aliphatic heterocycles.